The Bertz CT molecular complexity index is 439. The van der Waals surface area contributed by atoms with Gasteiger partial charge in [0.1, 0.15) is 0 Å². The quantitative estimate of drug-likeness (QED) is 0.911. The van der Waals surface area contributed by atoms with Crippen molar-refractivity contribution in [3.63, 3.8) is 0 Å². The van der Waals surface area contributed by atoms with E-state index in [1.807, 2.05) is 6.07 Å². The third-order valence-electron chi connectivity index (χ3n) is 4.13. The first kappa shape index (κ1) is 12.3. The molecule has 0 unspecified atom stereocenters. The Morgan fingerprint density at radius 2 is 2.00 bits per heavy atom. The van der Waals surface area contributed by atoms with Crippen molar-refractivity contribution in [1.82, 2.24) is 0 Å². The van der Waals surface area contributed by atoms with Crippen molar-refractivity contribution in [1.29, 1.82) is 0 Å². The average Bonchev–Trinajstić information content (AvgIpc) is 3.21. The molecule has 2 fully saturated rings. The highest BCUT2D eigenvalue weighted by Crippen LogP contribution is 2.51. The molecule has 1 aromatic rings. The van der Waals surface area contributed by atoms with E-state index in [4.69, 9.17) is 22.1 Å². The Morgan fingerprint density at radius 3 is 2.61 bits per heavy atom. The maximum Gasteiger partial charge on any atom is 0.0642 e. The number of nitrogens with two attached hydrogens (primary N) is 1. The molecule has 1 aromatic carbocycles. The van der Waals surface area contributed by atoms with Gasteiger partial charge in [-0.25, -0.2) is 0 Å². The van der Waals surface area contributed by atoms with E-state index >= 15 is 0 Å². The third-order valence-corrected chi connectivity index (χ3v) is 4.36. The topological polar surface area (TPSA) is 38.5 Å². The monoisotopic (exact) mass is 266 g/mol. The first-order valence-electron chi connectivity index (χ1n) is 6.58. The summed E-state index contributed by atoms with van der Waals surface area (Å²) in [7, 11) is 0. The number of hydrogen-bond donors (Lipinski definition) is 1. The predicted octanol–water partition coefficient (Wildman–Crippen LogP) is 2.17. The van der Waals surface area contributed by atoms with E-state index in [9.17, 15) is 0 Å². The lowest BCUT2D eigenvalue weighted by Crippen LogP contribution is -2.37. The minimum atomic E-state index is 0.179. The molecule has 0 aromatic heterocycles. The van der Waals surface area contributed by atoms with Gasteiger partial charge in [0.15, 0.2) is 0 Å². The van der Waals surface area contributed by atoms with E-state index in [0.29, 0.717) is 6.54 Å². The van der Waals surface area contributed by atoms with Crippen LogP contribution in [0.2, 0.25) is 5.02 Å². The molecule has 0 bridgehead atoms. The molecule has 4 heteroatoms. The zero-order chi connectivity index (χ0) is 12.6. The lowest BCUT2D eigenvalue weighted by Gasteiger charge is -2.32. The molecule has 98 valence electrons. The first-order valence-corrected chi connectivity index (χ1v) is 6.96. The molecule has 1 heterocycles. The number of anilines is 1. The Morgan fingerprint density at radius 1 is 1.28 bits per heavy atom. The molecule has 3 rings (SSSR count). The maximum atomic E-state index is 6.16. The number of benzene rings is 1. The van der Waals surface area contributed by atoms with Crippen LogP contribution in [0.1, 0.15) is 18.4 Å². The highest BCUT2D eigenvalue weighted by Gasteiger charge is 2.45. The minimum absolute atomic E-state index is 0.179. The lowest BCUT2D eigenvalue weighted by atomic mass is 9.93. The van der Waals surface area contributed by atoms with Crippen LogP contribution in [0.25, 0.3) is 0 Å². The van der Waals surface area contributed by atoms with Gasteiger partial charge in [-0.1, -0.05) is 11.6 Å². The fourth-order valence-corrected chi connectivity index (χ4v) is 2.92. The van der Waals surface area contributed by atoms with Gasteiger partial charge in [-0.2, -0.15) is 0 Å². The minimum Gasteiger partial charge on any atom is -0.378 e. The van der Waals surface area contributed by atoms with E-state index < -0.39 is 0 Å². The predicted molar refractivity (Wildman–Crippen MR) is 74.5 cm³/mol. The maximum absolute atomic E-state index is 6.16. The van der Waals surface area contributed by atoms with Gasteiger partial charge in [-0.15, -0.1) is 0 Å². The molecule has 0 amide bonds. The number of halogens is 1. The Labute approximate surface area is 113 Å². The van der Waals surface area contributed by atoms with Gasteiger partial charge in [0, 0.05) is 35.8 Å². The fraction of sp³-hybridized carbons (Fsp3) is 0.571. The average molecular weight is 267 g/mol. The van der Waals surface area contributed by atoms with Gasteiger partial charge in [0.2, 0.25) is 0 Å². The summed E-state index contributed by atoms with van der Waals surface area (Å²) in [5.41, 5.74) is 8.77. The zero-order valence-corrected chi connectivity index (χ0v) is 11.2. The molecule has 1 aliphatic carbocycles. The summed E-state index contributed by atoms with van der Waals surface area (Å²) < 4.78 is 5.42. The molecule has 1 aliphatic heterocycles. The zero-order valence-electron chi connectivity index (χ0n) is 10.5. The van der Waals surface area contributed by atoms with Crippen LogP contribution in [-0.4, -0.2) is 32.8 Å². The van der Waals surface area contributed by atoms with Crippen molar-refractivity contribution < 1.29 is 4.74 Å². The van der Waals surface area contributed by atoms with Crippen molar-refractivity contribution in [2.75, 3.05) is 37.7 Å². The van der Waals surface area contributed by atoms with E-state index in [0.717, 1.165) is 31.3 Å². The van der Waals surface area contributed by atoms with Crippen LogP contribution >= 0.6 is 11.6 Å². The molecule has 18 heavy (non-hydrogen) atoms. The summed E-state index contributed by atoms with van der Waals surface area (Å²) in [6.45, 7) is 4.23. The second-order valence-electron chi connectivity index (χ2n) is 5.25. The smallest absolute Gasteiger partial charge is 0.0642 e. The summed E-state index contributed by atoms with van der Waals surface area (Å²) >= 11 is 6.16. The number of nitrogens with zero attached hydrogens (tertiary/aromatic N) is 1. The summed E-state index contributed by atoms with van der Waals surface area (Å²) in [6.07, 6.45) is 2.36. The van der Waals surface area contributed by atoms with E-state index in [-0.39, 0.29) is 5.41 Å². The van der Waals surface area contributed by atoms with Crippen LogP contribution in [0.3, 0.4) is 0 Å². The van der Waals surface area contributed by atoms with Crippen molar-refractivity contribution >= 4 is 17.3 Å². The molecule has 1 saturated heterocycles. The summed E-state index contributed by atoms with van der Waals surface area (Å²) in [4.78, 5) is 2.39. The van der Waals surface area contributed by atoms with Gasteiger partial charge >= 0.3 is 0 Å². The largest absolute Gasteiger partial charge is 0.378 e. The van der Waals surface area contributed by atoms with Crippen molar-refractivity contribution in [2.45, 2.75) is 18.3 Å². The highest BCUT2D eigenvalue weighted by atomic mass is 35.5. The van der Waals surface area contributed by atoms with Crippen LogP contribution in [0, 0.1) is 0 Å². The molecule has 0 radical (unpaired) electrons. The lowest BCUT2D eigenvalue weighted by molar-refractivity contribution is 0.122. The molecular weight excluding hydrogens is 248 g/mol. The van der Waals surface area contributed by atoms with E-state index in [2.05, 4.69) is 17.0 Å². The molecular formula is C14H19ClN2O. The normalized spacial score (nSPS) is 22.0. The van der Waals surface area contributed by atoms with Crippen molar-refractivity contribution in [3.8, 4) is 0 Å². The summed E-state index contributed by atoms with van der Waals surface area (Å²) in [6, 6.07) is 6.22. The van der Waals surface area contributed by atoms with Gasteiger partial charge in [0.25, 0.3) is 0 Å². The molecule has 3 nitrogen and oxygen atoms in total. The molecule has 0 spiro atoms. The van der Waals surface area contributed by atoms with Crippen LogP contribution in [0.5, 0.6) is 0 Å². The van der Waals surface area contributed by atoms with Crippen LogP contribution in [0.4, 0.5) is 5.69 Å². The van der Waals surface area contributed by atoms with Gasteiger partial charge in [0.05, 0.1) is 13.2 Å². The number of rotatable bonds is 3. The standard InChI is InChI=1S/C14H19ClN2O/c15-11-1-2-13(17-5-7-18-8-6-17)12(9-11)14(10-16)3-4-14/h1-2,9H,3-8,10,16H2. The molecule has 2 aliphatic rings. The van der Waals surface area contributed by atoms with Gasteiger partial charge in [-0.3, -0.25) is 0 Å². The molecule has 0 atom stereocenters. The van der Waals surface area contributed by atoms with Crippen LogP contribution < -0.4 is 10.6 Å². The summed E-state index contributed by atoms with van der Waals surface area (Å²) in [5.74, 6) is 0. The van der Waals surface area contributed by atoms with Crippen LogP contribution in [-0.2, 0) is 10.2 Å². The first-order chi connectivity index (χ1) is 8.75. The van der Waals surface area contributed by atoms with Crippen molar-refractivity contribution in [3.05, 3.63) is 28.8 Å². The fourth-order valence-electron chi connectivity index (χ4n) is 2.75. The van der Waals surface area contributed by atoms with Crippen LogP contribution in [0.15, 0.2) is 18.2 Å². The number of morpholine rings is 1. The van der Waals surface area contributed by atoms with E-state index in [1.165, 1.54) is 24.1 Å². The summed E-state index contributed by atoms with van der Waals surface area (Å²) in [5, 5.41) is 0.807. The second kappa shape index (κ2) is 4.72. The molecule has 2 N–H and O–H groups in total. The Balaban J connectivity index is 1.97. The third kappa shape index (κ3) is 2.11. The highest BCUT2D eigenvalue weighted by molar-refractivity contribution is 6.30. The SMILES string of the molecule is NCC1(c2cc(Cl)ccc2N2CCOCC2)CC1. The number of ether oxygens (including phenoxy) is 1. The second-order valence-corrected chi connectivity index (χ2v) is 5.68. The van der Waals surface area contributed by atoms with Gasteiger partial charge < -0.3 is 15.4 Å². The Kier molecular flexibility index (Phi) is 3.22. The van der Waals surface area contributed by atoms with E-state index in [1.54, 1.807) is 0 Å². The molecule has 1 saturated carbocycles. The van der Waals surface area contributed by atoms with Gasteiger partial charge in [-0.05, 0) is 36.6 Å². The Hall–Kier alpha value is -0.770. The van der Waals surface area contributed by atoms with Crippen molar-refractivity contribution in [2.24, 2.45) is 5.73 Å². The number of hydrogen-bond acceptors (Lipinski definition) is 3.